The first kappa shape index (κ1) is 26.2. The van der Waals surface area contributed by atoms with Gasteiger partial charge in [-0.05, 0) is 28.8 Å². The molecule has 5 rings (SSSR count). The summed E-state index contributed by atoms with van der Waals surface area (Å²) in [6.45, 7) is 2.21. The minimum atomic E-state index is 0. The van der Waals surface area contributed by atoms with Gasteiger partial charge in [0.05, 0.1) is 34.1 Å². The van der Waals surface area contributed by atoms with E-state index in [1.54, 1.807) is 0 Å². The molecule has 0 spiro atoms. The van der Waals surface area contributed by atoms with E-state index in [1.165, 1.54) is 51.5 Å². The van der Waals surface area contributed by atoms with Crippen molar-refractivity contribution in [3.05, 3.63) is 102 Å². The zero-order valence-corrected chi connectivity index (χ0v) is 23.1. The summed E-state index contributed by atoms with van der Waals surface area (Å²) in [7, 11) is 6.75. The second-order valence-electron chi connectivity index (χ2n) is 9.75. The Bertz CT molecular complexity index is 1270. The highest BCUT2D eigenvalue weighted by Crippen LogP contribution is 2.38. The van der Waals surface area contributed by atoms with Crippen LogP contribution in [0.5, 0.6) is 0 Å². The predicted octanol–water partition coefficient (Wildman–Crippen LogP) is -0.779. The van der Waals surface area contributed by atoms with Crippen molar-refractivity contribution < 1.29 is 43.0 Å². The first-order chi connectivity index (χ1) is 15.5. The Balaban J connectivity index is 0.00000162. The van der Waals surface area contributed by atoms with Crippen molar-refractivity contribution in [2.75, 3.05) is 27.7 Å². The highest BCUT2D eigenvalue weighted by Gasteiger charge is 2.24. The average Bonchev–Trinajstić information content (AvgIpc) is 3.40. The van der Waals surface area contributed by atoms with E-state index >= 15 is 0 Å². The largest absolute Gasteiger partial charge is 1.00 e. The summed E-state index contributed by atoms with van der Waals surface area (Å²) in [5, 5.41) is 2.56. The molecule has 0 atom stereocenters. The van der Waals surface area contributed by atoms with Crippen LogP contribution in [0.3, 0.4) is 0 Å². The molecule has 0 unspecified atom stereocenters. The van der Waals surface area contributed by atoms with Crippen molar-refractivity contribution >= 4 is 21.8 Å². The maximum absolute atomic E-state index is 3.48. The second-order valence-corrected chi connectivity index (χ2v) is 9.75. The first-order valence-electron chi connectivity index (χ1n) is 11.4. The molecule has 5 aromatic rings. The van der Waals surface area contributed by atoms with Gasteiger partial charge in [0.2, 0.25) is 0 Å². The van der Waals surface area contributed by atoms with Gasteiger partial charge in [0.1, 0.15) is 0 Å². The van der Waals surface area contributed by atoms with Crippen LogP contribution in [-0.2, 0) is 6.54 Å². The minimum absolute atomic E-state index is 0. The van der Waals surface area contributed by atoms with E-state index < -0.39 is 0 Å². The summed E-state index contributed by atoms with van der Waals surface area (Å²) in [6, 6.07) is 21.7. The number of aryl methyl sites for hydroxylation is 1. The Labute approximate surface area is 222 Å². The third-order valence-corrected chi connectivity index (χ3v) is 6.36. The molecule has 0 aliphatic rings. The van der Waals surface area contributed by atoms with E-state index in [-0.39, 0.29) is 39.9 Å². The summed E-state index contributed by atoms with van der Waals surface area (Å²) in [5.74, 6) is 0.156. The van der Waals surface area contributed by atoms with Gasteiger partial charge in [-0.2, -0.15) is 0 Å². The lowest BCUT2D eigenvalue weighted by Gasteiger charge is -2.22. The van der Waals surface area contributed by atoms with Crippen LogP contribution in [0, 0.1) is 0 Å². The number of aromatic amines is 2. The number of para-hydroxylation sites is 2. The Morgan fingerprint density at radius 3 is 1.74 bits per heavy atom. The molecule has 0 amide bonds. The maximum atomic E-state index is 3.48. The van der Waals surface area contributed by atoms with Gasteiger partial charge in [-0.25, -0.2) is 4.57 Å². The normalized spacial score (nSPS) is 11.5. The molecule has 3 aromatic heterocycles. The van der Waals surface area contributed by atoms with Gasteiger partial charge in [0.25, 0.3) is 0 Å². The predicted molar refractivity (Wildman–Crippen MR) is 132 cm³/mol. The van der Waals surface area contributed by atoms with Gasteiger partial charge in [0.15, 0.2) is 18.9 Å². The monoisotopic (exact) mass is 582 g/mol. The summed E-state index contributed by atoms with van der Waals surface area (Å²) in [4.78, 5) is 6.97. The number of quaternary nitrogens is 1. The van der Waals surface area contributed by atoms with Crippen LogP contribution >= 0.6 is 0 Å². The summed E-state index contributed by atoms with van der Waals surface area (Å²) >= 11 is 0. The number of nitrogens with zero attached hydrogens (tertiary/aromatic N) is 2. The number of fused-ring (bicyclic) bond motifs is 2. The number of rotatable bonds is 7. The van der Waals surface area contributed by atoms with Gasteiger partial charge in [-0.1, -0.05) is 36.4 Å². The molecule has 3 heterocycles. The SMILES string of the molecule is C[N+](C)(C)CCC[n+]1ccc(C(c2c[nH]c3ccccc23)c2c[nH]c3ccccc23)cc1.[Br-].[Br-]. The standard InChI is InChI=1S/C28H32N4.2BrH/c1-32(2,3)18-8-15-31-16-13-21(14-17-31)28(24-19-29-26-11-6-4-9-22(24)26)25-20-30-27-12-7-5-10-23(25)27;;/h4-7,9-14,16-17,19-20,28-30H,8,15,18H2,1-3H3;2*1H/q+2;;/p-2. The third-order valence-electron chi connectivity index (χ3n) is 6.36. The van der Waals surface area contributed by atoms with Crippen molar-refractivity contribution in [3.63, 3.8) is 0 Å². The lowest BCUT2D eigenvalue weighted by atomic mass is 9.85. The second kappa shape index (κ2) is 10.9. The third kappa shape index (κ3) is 5.45. The Morgan fingerprint density at radius 2 is 1.24 bits per heavy atom. The quantitative estimate of drug-likeness (QED) is 0.186. The molecule has 0 aliphatic carbocycles. The molecule has 2 N–H and O–H groups in total. The molecular formula is C28H32Br2N4. The van der Waals surface area contributed by atoms with Crippen LogP contribution in [0.1, 0.15) is 29.0 Å². The van der Waals surface area contributed by atoms with Crippen molar-refractivity contribution in [2.45, 2.75) is 18.9 Å². The lowest BCUT2D eigenvalue weighted by molar-refractivity contribution is -0.873. The Morgan fingerprint density at radius 1 is 0.735 bits per heavy atom. The fraction of sp³-hybridized carbons (Fsp3) is 0.250. The van der Waals surface area contributed by atoms with Crippen LogP contribution in [-0.4, -0.2) is 42.1 Å². The Hall–Kier alpha value is -2.41. The molecule has 6 heteroatoms. The molecule has 0 aliphatic heterocycles. The van der Waals surface area contributed by atoms with Crippen molar-refractivity contribution in [2.24, 2.45) is 0 Å². The molecule has 0 saturated heterocycles. The van der Waals surface area contributed by atoms with Crippen LogP contribution in [0.25, 0.3) is 21.8 Å². The molecule has 34 heavy (non-hydrogen) atoms. The molecule has 0 radical (unpaired) electrons. The number of halogens is 2. The summed E-state index contributed by atoms with van der Waals surface area (Å²) < 4.78 is 3.31. The molecule has 2 aromatic carbocycles. The number of nitrogens with one attached hydrogen (secondary N) is 2. The number of hydrogen-bond acceptors (Lipinski definition) is 0. The topological polar surface area (TPSA) is 35.5 Å². The zero-order valence-electron chi connectivity index (χ0n) is 19.9. The number of pyridine rings is 1. The maximum Gasteiger partial charge on any atom is 0.169 e. The van der Waals surface area contributed by atoms with Crippen LogP contribution in [0.15, 0.2) is 85.5 Å². The van der Waals surface area contributed by atoms with E-state index in [1.807, 2.05) is 0 Å². The van der Waals surface area contributed by atoms with E-state index in [4.69, 9.17) is 0 Å². The van der Waals surface area contributed by atoms with Gasteiger partial charge in [-0.15, -0.1) is 0 Å². The van der Waals surface area contributed by atoms with Gasteiger partial charge >= 0.3 is 0 Å². The van der Waals surface area contributed by atoms with E-state index in [9.17, 15) is 0 Å². The first-order valence-corrected chi connectivity index (χ1v) is 11.4. The van der Waals surface area contributed by atoms with Crippen LogP contribution < -0.4 is 38.5 Å². The number of H-pyrrole nitrogens is 2. The molecule has 4 nitrogen and oxygen atoms in total. The van der Waals surface area contributed by atoms with Crippen molar-refractivity contribution in [3.8, 4) is 0 Å². The molecule has 0 saturated carbocycles. The van der Waals surface area contributed by atoms with Gasteiger partial charge in [0, 0.05) is 52.3 Å². The average molecular weight is 584 g/mol. The fourth-order valence-electron chi connectivity index (χ4n) is 4.73. The summed E-state index contributed by atoms with van der Waals surface area (Å²) in [6.07, 6.45) is 10.0. The minimum Gasteiger partial charge on any atom is -1.00 e. The smallest absolute Gasteiger partial charge is 0.169 e. The van der Waals surface area contributed by atoms with Gasteiger partial charge < -0.3 is 48.4 Å². The molecule has 0 fully saturated rings. The van der Waals surface area contributed by atoms with E-state index in [0.717, 1.165) is 11.0 Å². The summed E-state index contributed by atoms with van der Waals surface area (Å²) in [5.41, 5.74) is 6.29. The molecule has 178 valence electrons. The van der Waals surface area contributed by atoms with E-state index in [0.29, 0.717) is 0 Å². The lowest BCUT2D eigenvalue weighted by Crippen LogP contribution is -3.00. The van der Waals surface area contributed by atoms with Crippen molar-refractivity contribution in [1.29, 1.82) is 0 Å². The number of hydrogen-bond donors (Lipinski definition) is 2. The zero-order chi connectivity index (χ0) is 22.1. The van der Waals surface area contributed by atoms with Crippen LogP contribution in [0.2, 0.25) is 0 Å². The van der Waals surface area contributed by atoms with Crippen molar-refractivity contribution in [1.82, 2.24) is 9.97 Å². The number of benzene rings is 2. The van der Waals surface area contributed by atoms with Gasteiger partial charge in [-0.3, -0.25) is 0 Å². The number of aromatic nitrogens is 3. The molecule has 0 bridgehead atoms. The van der Waals surface area contributed by atoms with Crippen LogP contribution in [0.4, 0.5) is 0 Å². The fourth-order valence-corrected chi connectivity index (χ4v) is 4.73. The Kier molecular flexibility index (Phi) is 8.39. The molecular weight excluding hydrogens is 552 g/mol. The highest BCUT2D eigenvalue weighted by atomic mass is 79.9. The van der Waals surface area contributed by atoms with E-state index in [2.05, 4.69) is 121 Å². The highest BCUT2D eigenvalue weighted by molar-refractivity contribution is 5.89.